The summed E-state index contributed by atoms with van der Waals surface area (Å²) in [4.78, 5) is 22.6. The van der Waals surface area contributed by atoms with Gasteiger partial charge >= 0.3 is 6.09 Å². The van der Waals surface area contributed by atoms with Crippen molar-refractivity contribution >= 4 is 12.0 Å². The number of rotatable bonds is 4. The molecular weight excluding hydrogens is 224 g/mol. The van der Waals surface area contributed by atoms with E-state index < -0.39 is 23.7 Å². The fraction of sp³-hybridized carbons (Fsp3) is 0.818. The molecule has 3 N–H and O–H groups in total. The van der Waals surface area contributed by atoms with Gasteiger partial charge in [-0.1, -0.05) is 0 Å². The summed E-state index contributed by atoms with van der Waals surface area (Å²) < 4.78 is 4.97. The van der Waals surface area contributed by atoms with Crippen LogP contribution < -0.4 is 10.6 Å². The lowest BCUT2D eigenvalue weighted by Crippen LogP contribution is -2.44. The van der Waals surface area contributed by atoms with Crippen molar-refractivity contribution in [3.63, 3.8) is 0 Å². The van der Waals surface area contributed by atoms with Gasteiger partial charge in [0.05, 0.1) is 6.54 Å². The number of alkyl carbamates (subject to hydrolysis) is 1. The smallest absolute Gasteiger partial charge is 0.407 e. The number of carbonyl (C=O) groups is 2. The normalized spacial score (nSPS) is 17.2. The summed E-state index contributed by atoms with van der Waals surface area (Å²) in [6.07, 6.45) is 0.0366. The molecule has 0 saturated heterocycles. The maximum Gasteiger partial charge on any atom is 0.407 e. The van der Waals surface area contributed by atoms with Crippen molar-refractivity contribution in [3.8, 4) is 0 Å². The summed E-state index contributed by atoms with van der Waals surface area (Å²) in [6, 6.07) is 0.193. The second-order valence-electron chi connectivity index (χ2n) is 5.18. The second-order valence-corrected chi connectivity index (χ2v) is 5.18. The third-order valence-corrected chi connectivity index (χ3v) is 2.07. The quantitative estimate of drug-likeness (QED) is 0.657. The number of aliphatic hydroxyl groups is 1. The predicted molar refractivity (Wildman–Crippen MR) is 61.4 cm³/mol. The van der Waals surface area contributed by atoms with Crippen molar-refractivity contribution in [2.24, 2.45) is 0 Å². The van der Waals surface area contributed by atoms with E-state index in [1.807, 2.05) is 0 Å². The van der Waals surface area contributed by atoms with Crippen LogP contribution in [0.2, 0.25) is 0 Å². The second kappa shape index (κ2) is 5.35. The molecule has 0 aliphatic heterocycles. The first kappa shape index (κ1) is 13.8. The molecule has 1 atom stereocenters. The number of aliphatic hydroxyl groups excluding tert-OH is 1. The van der Waals surface area contributed by atoms with Gasteiger partial charge in [0.25, 0.3) is 5.91 Å². The number of carbonyl (C=O) groups excluding carboxylic acids is 2. The number of hydrogen-bond donors (Lipinski definition) is 3. The highest BCUT2D eigenvalue weighted by atomic mass is 16.6. The van der Waals surface area contributed by atoms with Crippen LogP contribution in [-0.2, 0) is 9.53 Å². The molecule has 6 heteroatoms. The molecule has 0 bridgehead atoms. The highest BCUT2D eigenvalue weighted by Crippen LogP contribution is 2.18. The molecule has 98 valence electrons. The lowest BCUT2D eigenvalue weighted by Gasteiger charge is -2.20. The Bertz CT molecular complexity index is 294. The fourth-order valence-electron chi connectivity index (χ4n) is 1.11. The maximum atomic E-state index is 11.3. The Hall–Kier alpha value is -1.30. The summed E-state index contributed by atoms with van der Waals surface area (Å²) >= 11 is 0. The molecule has 2 amide bonds. The van der Waals surface area contributed by atoms with Gasteiger partial charge in [0.1, 0.15) is 11.7 Å². The lowest BCUT2D eigenvalue weighted by atomic mass is 10.2. The SMILES string of the molecule is CC(C)(C)OC(=O)NCC(O)C(=O)NC1CC1. The van der Waals surface area contributed by atoms with Crippen LogP contribution in [0.25, 0.3) is 0 Å². The molecule has 0 radical (unpaired) electrons. The van der Waals surface area contributed by atoms with Gasteiger partial charge in [-0.2, -0.15) is 0 Å². The van der Waals surface area contributed by atoms with E-state index in [1.165, 1.54) is 0 Å². The maximum absolute atomic E-state index is 11.3. The van der Waals surface area contributed by atoms with Gasteiger partial charge in [-0.05, 0) is 33.6 Å². The van der Waals surface area contributed by atoms with Gasteiger partial charge in [-0.3, -0.25) is 4.79 Å². The van der Waals surface area contributed by atoms with E-state index in [0.717, 1.165) is 12.8 Å². The molecule has 6 nitrogen and oxygen atoms in total. The molecule has 1 rings (SSSR count). The first-order chi connectivity index (χ1) is 7.78. The Balaban J connectivity index is 2.19. The summed E-state index contributed by atoms with van der Waals surface area (Å²) in [7, 11) is 0. The van der Waals surface area contributed by atoms with Gasteiger partial charge in [0.2, 0.25) is 0 Å². The Labute approximate surface area is 101 Å². The zero-order valence-corrected chi connectivity index (χ0v) is 10.4. The molecule has 0 aromatic rings. The molecule has 1 aliphatic carbocycles. The minimum Gasteiger partial charge on any atom is -0.444 e. The van der Waals surface area contributed by atoms with Crippen molar-refractivity contribution in [2.45, 2.75) is 51.4 Å². The van der Waals surface area contributed by atoms with Crippen molar-refractivity contribution in [2.75, 3.05) is 6.54 Å². The van der Waals surface area contributed by atoms with Gasteiger partial charge < -0.3 is 20.5 Å². The van der Waals surface area contributed by atoms with E-state index in [9.17, 15) is 14.7 Å². The van der Waals surface area contributed by atoms with E-state index in [1.54, 1.807) is 20.8 Å². The molecule has 17 heavy (non-hydrogen) atoms. The topological polar surface area (TPSA) is 87.7 Å². The Morgan fingerprint density at radius 3 is 2.47 bits per heavy atom. The van der Waals surface area contributed by atoms with Crippen molar-refractivity contribution in [1.82, 2.24) is 10.6 Å². The van der Waals surface area contributed by atoms with E-state index in [0.29, 0.717) is 0 Å². The van der Waals surface area contributed by atoms with E-state index in [4.69, 9.17) is 4.74 Å². The zero-order chi connectivity index (χ0) is 13.1. The first-order valence-corrected chi connectivity index (χ1v) is 5.73. The van der Waals surface area contributed by atoms with Crippen LogP contribution >= 0.6 is 0 Å². The van der Waals surface area contributed by atoms with Crippen LogP contribution in [0.15, 0.2) is 0 Å². The van der Waals surface area contributed by atoms with Crippen LogP contribution in [0.5, 0.6) is 0 Å². The molecule has 1 unspecified atom stereocenters. The predicted octanol–water partition coefficient (Wildman–Crippen LogP) is 0.151. The monoisotopic (exact) mass is 244 g/mol. The third kappa shape index (κ3) is 6.11. The zero-order valence-electron chi connectivity index (χ0n) is 10.4. The standard InChI is InChI=1S/C11H20N2O4/c1-11(2,3)17-10(16)12-6-8(14)9(15)13-7-4-5-7/h7-8,14H,4-6H2,1-3H3,(H,12,16)(H,13,15). The van der Waals surface area contributed by atoms with Crippen LogP contribution in [0, 0.1) is 0 Å². The molecular formula is C11H20N2O4. The first-order valence-electron chi connectivity index (χ1n) is 5.73. The minimum atomic E-state index is -1.23. The van der Waals surface area contributed by atoms with E-state index >= 15 is 0 Å². The molecule has 1 aliphatic rings. The largest absolute Gasteiger partial charge is 0.444 e. The number of nitrogens with one attached hydrogen (secondary N) is 2. The molecule has 0 aromatic heterocycles. The Morgan fingerprint density at radius 1 is 1.41 bits per heavy atom. The molecule has 1 saturated carbocycles. The van der Waals surface area contributed by atoms with Gasteiger partial charge in [0, 0.05) is 6.04 Å². The average Bonchev–Trinajstić information content (AvgIpc) is 2.95. The molecule has 0 spiro atoms. The number of amides is 2. The van der Waals surface area contributed by atoms with Gasteiger partial charge in [0.15, 0.2) is 0 Å². The molecule has 0 aromatic carbocycles. The Morgan fingerprint density at radius 2 is 2.00 bits per heavy atom. The highest BCUT2D eigenvalue weighted by Gasteiger charge is 2.27. The Kier molecular flexibility index (Phi) is 4.34. The van der Waals surface area contributed by atoms with Crippen LogP contribution in [-0.4, -0.2) is 41.4 Å². The summed E-state index contributed by atoms with van der Waals surface area (Å²) in [5, 5.41) is 14.4. The van der Waals surface area contributed by atoms with Gasteiger partial charge in [-0.25, -0.2) is 4.79 Å². The van der Waals surface area contributed by atoms with Crippen molar-refractivity contribution in [1.29, 1.82) is 0 Å². The summed E-state index contributed by atoms with van der Waals surface area (Å²) in [6.45, 7) is 5.07. The van der Waals surface area contributed by atoms with E-state index in [-0.39, 0.29) is 12.6 Å². The fourth-order valence-corrected chi connectivity index (χ4v) is 1.11. The van der Waals surface area contributed by atoms with Crippen LogP contribution in [0.1, 0.15) is 33.6 Å². The van der Waals surface area contributed by atoms with Crippen molar-refractivity contribution < 1.29 is 19.4 Å². The minimum absolute atomic E-state index is 0.145. The molecule has 1 fully saturated rings. The summed E-state index contributed by atoms with van der Waals surface area (Å²) in [5.41, 5.74) is -0.592. The lowest BCUT2D eigenvalue weighted by molar-refractivity contribution is -0.129. The van der Waals surface area contributed by atoms with Crippen LogP contribution in [0.3, 0.4) is 0 Å². The highest BCUT2D eigenvalue weighted by molar-refractivity contribution is 5.82. The van der Waals surface area contributed by atoms with Crippen molar-refractivity contribution in [3.05, 3.63) is 0 Å². The van der Waals surface area contributed by atoms with E-state index in [2.05, 4.69) is 10.6 Å². The number of hydrogen-bond acceptors (Lipinski definition) is 4. The third-order valence-electron chi connectivity index (χ3n) is 2.07. The molecule has 0 heterocycles. The van der Waals surface area contributed by atoms with Gasteiger partial charge in [-0.15, -0.1) is 0 Å². The number of ether oxygens (including phenoxy) is 1. The summed E-state index contributed by atoms with van der Waals surface area (Å²) in [5.74, 6) is -0.455. The average molecular weight is 244 g/mol. The van der Waals surface area contributed by atoms with Crippen LogP contribution in [0.4, 0.5) is 4.79 Å².